The summed E-state index contributed by atoms with van der Waals surface area (Å²) in [6.45, 7) is 8.46. The van der Waals surface area contributed by atoms with Gasteiger partial charge in [0.25, 0.3) is 0 Å². The molecule has 0 aliphatic rings. The molecule has 0 aromatic heterocycles. The van der Waals surface area contributed by atoms with Crippen molar-refractivity contribution in [2.75, 3.05) is 13.2 Å². The van der Waals surface area contributed by atoms with E-state index in [1.165, 1.54) is 6.92 Å². The fraction of sp³-hybridized carbons (Fsp3) is 1.00. The van der Waals surface area contributed by atoms with Crippen LogP contribution in [0.2, 0.25) is 0 Å². The van der Waals surface area contributed by atoms with Crippen LogP contribution in [0.4, 0.5) is 0 Å². The van der Waals surface area contributed by atoms with Gasteiger partial charge in [-0.05, 0) is 27.2 Å². The second kappa shape index (κ2) is 10.9. The Morgan fingerprint density at radius 2 is 1.67 bits per heavy atom. The van der Waals surface area contributed by atoms with Gasteiger partial charge in [-0.1, -0.05) is 6.92 Å². The largest absolute Gasteiger partial charge is 0.394 e. The summed E-state index contributed by atoms with van der Waals surface area (Å²) < 4.78 is 5.19. The highest BCUT2D eigenvalue weighted by Gasteiger charge is 1.91. The molecule has 0 amide bonds. The maximum atomic E-state index is 8.11. The standard InChI is InChI=1S/C6H14O.C3H8O2/c1-4-6(3)7-5-2;1-3(5)2-4/h6H,4-5H2,1-3H3;3-5H,2H2,1H3. The normalized spacial score (nSPS) is 14.5. The second-order valence-corrected chi connectivity index (χ2v) is 2.71. The molecule has 0 radical (unpaired) electrons. The van der Waals surface area contributed by atoms with Gasteiger partial charge in [0, 0.05) is 6.61 Å². The fourth-order valence-electron chi connectivity index (χ4n) is 0.402. The number of rotatable bonds is 4. The van der Waals surface area contributed by atoms with E-state index >= 15 is 0 Å². The van der Waals surface area contributed by atoms with E-state index in [1.807, 2.05) is 6.92 Å². The summed E-state index contributed by atoms with van der Waals surface area (Å²) in [6.07, 6.45) is 1.01. The molecule has 0 aliphatic heterocycles. The van der Waals surface area contributed by atoms with Crippen molar-refractivity contribution in [3.8, 4) is 0 Å². The predicted molar refractivity (Wildman–Crippen MR) is 50.1 cm³/mol. The van der Waals surface area contributed by atoms with Gasteiger partial charge in [0.2, 0.25) is 0 Å². The lowest BCUT2D eigenvalue weighted by atomic mass is 10.3. The summed E-state index contributed by atoms with van der Waals surface area (Å²) in [5.41, 5.74) is 0. The molecule has 0 bridgehead atoms. The summed E-state index contributed by atoms with van der Waals surface area (Å²) in [7, 11) is 0. The van der Waals surface area contributed by atoms with E-state index in [9.17, 15) is 0 Å². The highest BCUT2D eigenvalue weighted by molar-refractivity contribution is 4.40. The molecule has 3 nitrogen and oxygen atoms in total. The Balaban J connectivity index is 0. The van der Waals surface area contributed by atoms with Crippen LogP contribution in [0.5, 0.6) is 0 Å². The van der Waals surface area contributed by atoms with Gasteiger partial charge in [-0.2, -0.15) is 0 Å². The topological polar surface area (TPSA) is 49.7 Å². The lowest BCUT2D eigenvalue weighted by Gasteiger charge is -2.05. The zero-order valence-electron chi connectivity index (χ0n) is 8.58. The average molecular weight is 178 g/mol. The maximum absolute atomic E-state index is 8.11. The minimum absolute atomic E-state index is 0.139. The Morgan fingerprint density at radius 3 is 1.75 bits per heavy atom. The third-order valence-electron chi connectivity index (χ3n) is 1.29. The summed E-state index contributed by atoms with van der Waals surface area (Å²) in [6, 6.07) is 0. The van der Waals surface area contributed by atoms with E-state index in [0.29, 0.717) is 6.10 Å². The van der Waals surface area contributed by atoms with Crippen molar-refractivity contribution < 1.29 is 14.9 Å². The monoisotopic (exact) mass is 178 g/mol. The van der Waals surface area contributed by atoms with Crippen LogP contribution in [0.25, 0.3) is 0 Å². The van der Waals surface area contributed by atoms with Crippen molar-refractivity contribution in [1.82, 2.24) is 0 Å². The van der Waals surface area contributed by atoms with Crippen LogP contribution in [0, 0.1) is 0 Å². The molecular formula is C9H22O3. The van der Waals surface area contributed by atoms with Crippen molar-refractivity contribution in [3.63, 3.8) is 0 Å². The average Bonchev–Trinajstić information content (AvgIpc) is 2.06. The third kappa shape index (κ3) is 16.5. The van der Waals surface area contributed by atoms with E-state index in [-0.39, 0.29) is 6.61 Å². The number of ether oxygens (including phenoxy) is 1. The summed E-state index contributed by atoms with van der Waals surface area (Å²) in [5, 5.41) is 16.0. The molecule has 0 rings (SSSR count). The van der Waals surface area contributed by atoms with Crippen LogP contribution in [0.15, 0.2) is 0 Å². The number of aliphatic hydroxyl groups is 2. The molecule has 0 saturated carbocycles. The third-order valence-corrected chi connectivity index (χ3v) is 1.29. The Morgan fingerprint density at radius 1 is 1.25 bits per heavy atom. The van der Waals surface area contributed by atoms with Crippen LogP contribution in [-0.2, 0) is 4.74 Å². The minimum atomic E-state index is -0.560. The van der Waals surface area contributed by atoms with Gasteiger partial charge in [0.05, 0.1) is 18.8 Å². The molecule has 2 unspecified atom stereocenters. The molecule has 0 aromatic carbocycles. The molecule has 2 atom stereocenters. The number of aliphatic hydroxyl groups excluding tert-OH is 2. The molecule has 76 valence electrons. The molecule has 3 heteroatoms. The molecule has 0 saturated heterocycles. The van der Waals surface area contributed by atoms with Crippen LogP contribution >= 0.6 is 0 Å². The van der Waals surface area contributed by atoms with E-state index < -0.39 is 6.10 Å². The smallest absolute Gasteiger partial charge is 0.0742 e. The zero-order chi connectivity index (χ0) is 9.98. The highest BCUT2D eigenvalue weighted by Crippen LogP contribution is 1.92. The minimum Gasteiger partial charge on any atom is -0.394 e. The Bertz CT molecular complexity index is 74.2. The zero-order valence-corrected chi connectivity index (χ0v) is 8.58. The van der Waals surface area contributed by atoms with Gasteiger partial charge in [0.1, 0.15) is 0 Å². The Hall–Kier alpha value is -0.120. The van der Waals surface area contributed by atoms with E-state index in [2.05, 4.69) is 13.8 Å². The van der Waals surface area contributed by atoms with Crippen LogP contribution in [0.3, 0.4) is 0 Å². The maximum Gasteiger partial charge on any atom is 0.0742 e. The van der Waals surface area contributed by atoms with Crippen LogP contribution in [-0.4, -0.2) is 35.6 Å². The van der Waals surface area contributed by atoms with Crippen molar-refractivity contribution in [1.29, 1.82) is 0 Å². The van der Waals surface area contributed by atoms with Crippen LogP contribution < -0.4 is 0 Å². The molecule has 0 aromatic rings. The van der Waals surface area contributed by atoms with Crippen LogP contribution in [0.1, 0.15) is 34.1 Å². The number of hydrogen-bond donors (Lipinski definition) is 2. The van der Waals surface area contributed by atoms with Gasteiger partial charge in [-0.25, -0.2) is 0 Å². The first-order valence-electron chi connectivity index (χ1n) is 4.48. The molecule has 12 heavy (non-hydrogen) atoms. The molecule has 0 spiro atoms. The second-order valence-electron chi connectivity index (χ2n) is 2.71. The summed E-state index contributed by atoms with van der Waals surface area (Å²) >= 11 is 0. The lowest BCUT2D eigenvalue weighted by molar-refractivity contribution is 0.0739. The van der Waals surface area contributed by atoms with Crippen molar-refractivity contribution in [2.45, 2.75) is 46.3 Å². The van der Waals surface area contributed by atoms with Crippen molar-refractivity contribution in [3.05, 3.63) is 0 Å². The Labute approximate surface area is 75.4 Å². The van der Waals surface area contributed by atoms with Crippen molar-refractivity contribution in [2.24, 2.45) is 0 Å². The van der Waals surface area contributed by atoms with Gasteiger partial charge in [0.15, 0.2) is 0 Å². The first-order chi connectivity index (χ1) is 5.58. The quantitative estimate of drug-likeness (QED) is 0.679. The molecule has 0 fully saturated rings. The first kappa shape index (κ1) is 14.4. The molecule has 0 heterocycles. The van der Waals surface area contributed by atoms with E-state index in [1.54, 1.807) is 0 Å². The van der Waals surface area contributed by atoms with Gasteiger partial charge < -0.3 is 14.9 Å². The fourth-order valence-corrected chi connectivity index (χ4v) is 0.402. The Kier molecular flexibility index (Phi) is 13.1. The molecule has 0 aliphatic carbocycles. The summed E-state index contributed by atoms with van der Waals surface area (Å²) in [4.78, 5) is 0. The number of hydrogen-bond acceptors (Lipinski definition) is 3. The van der Waals surface area contributed by atoms with Gasteiger partial charge in [-0.3, -0.25) is 0 Å². The van der Waals surface area contributed by atoms with E-state index in [4.69, 9.17) is 14.9 Å². The molecular weight excluding hydrogens is 156 g/mol. The van der Waals surface area contributed by atoms with Gasteiger partial charge in [-0.15, -0.1) is 0 Å². The SMILES string of the molecule is CC(O)CO.CCOC(C)CC. The predicted octanol–water partition coefficient (Wildman–Crippen LogP) is 1.18. The van der Waals surface area contributed by atoms with Gasteiger partial charge >= 0.3 is 0 Å². The lowest BCUT2D eigenvalue weighted by Crippen LogP contribution is -2.04. The van der Waals surface area contributed by atoms with Crippen molar-refractivity contribution >= 4 is 0 Å². The highest BCUT2D eigenvalue weighted by atomic mass is 16.5. The summed E-state index contributed by atoms with van der Waals surface area (Å²) in [5.74, 6) is 0. The van der Waals surface area contributed by atoms with E-state index in [0.717, 1.165) is 13.0 Å². The molecule has 2 N–H and O–H groups in total. The first-order valence-corrected chi connectivity index (χ1v) is 4.48.